The third kappa shape index (κ3) is 8.21. The Morgan fingerprint density at radius 1 is 0.956 bits per heavy atom. The summed E-state index contributed by atoms with van der Waals surface area (Å²) in [4.78, 5) is 33.4. The molecule has 7 nitrogen and oxygen atoms in total. The number of carbonyl (C=O) groups excluding carboxylic acids is 2. The highest BCUT2D eigenvalue weighted by atomic mass is 127. The van der Waals surface area contributed by atoms with Crippen molar-refractivity contribution in [2.24, 2.45) is 4.99 Å². The van der Waals surface area contributed by atoms with Gasteiger partial charge in [-0.25, -0.2) is 4.99 Å². The van der Waals surface area contributed by atoms with Crippen LogP contribution in [0.25, 0.3) is 6.08 Å². The maximum Gasteiger partial charge on any atom is 0.271 e. The number of amidine groups is 1. The summed E-state index contributed by atoms with van der Waals surface area (Å²) in [6, 6.07) is 24.1. The summed E-state index contributed by atoms with van der Waals surface area (Å²) in [6.07, 6.45) is 1.82. The average molecular weight is 772 g/mol. The number of amides is 2. The molecule has 11 heteroatoms. The normalized spacial score (nSPS) is 14.7. The number of hydrogen-bond acceptors (Lipinski definition) is 6. The van der Waals surface area contributed by atoms with Gasteiger partial charge in [-0.3, -0.25) is 14.5 Å². The van der Waals surface area contributed by atoms with Crippen molar-refractivity contribution in [3.05, 3.63) is 114 Å². The van der Waals surface area contributed by atoms with E-state index < -0.39 is 0 Å². The van der Waals surface area contributed by atoms with Crippen LogP contribution in [0.4, 0.5) is 17.1 Å². The lowest BCUT2D eigenvalue weighted by atomic mass is 10.1. The van der Waals surface area contributed by atoms with Gasteiger partial charge in [0.15, 0.2) is 23.3 Å². The topological polar surface area (TPSA) is 80.2 Å². The third-order valence-corrected chi connectivity index (χ3v) is 9.05. The molecule has 5 rings (SSSR count). The van der Waals surface area contributed by atoms with E-state index in [0.717, 1.165) is 28.1 Å². The molecule has 0 radical (unpaired) electrons. The summed E-state index contributed by atoms with van der Waals surface area (Å²) in [6.45, 7) is 6.01. The largest absolute Gasteiger partial charge is 0.490 e. The van der Waals surface area contributed by atoms with Gasteiger partial charge in [-0.1, -0.05) is 58.6 Å². The van der Waals surface area contributed by atoms with Gasteiger partial charge in [0.05, 0.1) is 36.5 Å². The third-order valence-electron chi connectivity index (χ3n) is 6.54. The Morgan fingerprint density at radius 3 is 2.31 bits per heavy atom. The molecule has 0 spiro atoms. The number of halogens is 3. The molecule has 230 valence electrons. The Labute approximate surface area is 289 Å². The lowest BCUT2D eigenvalue weighted by Crippen LogP contribution is -2.28. The van der Waals surface area contributed by atoms with Crippen LogP contribution in [0.15, 0.2) is 88.8 Å². The Kier molecular flexibility index (Phi) is 10.8. The summed E-state index contributed by atoms with van der Waals surface area (Å²) < 4.78 is 12.5. The van der Waals surface area contributed by atoms with Gasteiger partial charge in [0.1, 0.15) is 0 Å². The van der Waals surface area contributed by atoms with Crippen LogP contribution in [0.3, 0.4) is 0 Å². The number of rotatable bonds is 9. The van der Waals surface area contributed by atoms with Crippen LogP contribution in [-0.2, 0) is 9.59 Å². The molecule has 1 heterocycles. The maximum absolute atomic E-state index is 13.8. The van der Waals surface area contributed by atoms with Gasteiger partial charge in [0, 0.05) is 5.69 Å². The molecular formula is C34H28Cl2IN3O4S. The van der Waals surface area contributed by atoms with Gasteiger partial charge in [-0.15, -0.1) is 0 Å². The molecule has 0 aliphatic carbocycles. The van der Waals surface area contributed by atoms with Crippen LogP contribution < -0.4 is 19.7 Å². The highest BCUT2D eigenvalue weighted by Gasteiger charge is 2.35. The zero-order valence-corrected chi connectivity index (χ0v) is 29.1. The predicted molar refractivity (Wildman–Crippen MR) is 193 cm³/mol. The molecule has 45 heavy (non-hydrogen) atoms. The van der Waals surface area contributed by atoms with E-state index in [2.05, 4.69) is 27.9 Å². The second kappa shape index (κ2) is 14.7. The first-order valence-corrected chi connectivity index (χ1v) is 16.6. The molecular weight excluding hydrogens is 744 g/mol. The zero-order valence-electron chi connectivity index (χ0n) is 24.6. The first-order valence-electron chi connectivity index (χ1n) is 13.9. The molecule has 0 bridgehead atoms. The van der Waals surface area contributed by atoms with E-state index >= 15 is 0 Å². The van der Waals surface area contributed by atoms with Gasteiger partial charge in [0.2, 0.25) is 0 Å². The van der Waals surface area contributed by atoms with E-state index in [1.54, 1.807) is 29.2 Å². The average Bonchev–Trinajstić information content (AvgIpc) is 3.30. The van der Waals surface area contributed by atoms with Crippen molar-refractivity contribution in [1.29, 1.82) is 0 Å². The smallest absolute Gasteiger partial charge is 0.271 e. The summed E-state index contributed by atoms with van der Waals surface area (Å²) in [5.74, 6) is 0.333. The standard InChI is InChI=1S/C34H28Cl2IN3O4S/c1-4-43-29-16-22(15-28(37)32(29)44-19-31(41)38-24-11-14-26(35)27(36)18-24)17-30-33(42)40(25-12-7-21(3)8-13-25)34(45-30)39-23-9-5-20(2)6-10-23/h5-18H,4,19H2,1-3H3,(H,38,41)/b30-17+,39-34?. The van der Waals surface area contributed by atoms with Crippen LogP contribution in [0.1, 0.15) is 23.6 Å². The van der Waals surface area contributed by atoms with Crippen LogP contribution in [-0.4, -0.2) is 30.2 Å². The number of anilines is 2. The highest BCUT2D eigenvalue weighted by molar-refractivity contribution is 14.1. The van der Waals surface area contributed by atoms with Gasteiger partial charge >= 0.3 is 0 Å². The summed E-state index contributed by atoms with van der Waals surface area (Å²) in [5.41, 5.74) is 4.96. The number of thioether (sulfide) groups is 1. The van der Waals surface area contributed by atoms with Crippen molar-refractivity contribution < 1.29 is 19.1 Å². The molecule has 0 aromatic heterocycles. The van der Waals surface area contributed by atoms with E-state index in [9.17, 15) is 9.59 Å². The van der Waals surface area contributed by atoms with Gasteiger partial charge in [0.25, 0.3) is 11.8 Å². The number of nitrogens with one attached hydrogen (secondary N) is 1. The Balaban J connectivity index is 1.41. The van der Waals surface area contributed by atoms with E-state index in [0.29, 0.717) is 47.5 Å². The zero-order chi connectivity index (χ0) is 32.1. The number of benzene rings is 4. The summed E-state index contributed by atoms with van der Waals surface area (Å²) >= 11 is 15.5. The minimum Gasteiger partial charge on any atom is -0.490 e. The van der Waals surface area contributed by atoms with Crippen LogP contribution >= 0.6 is 57.6 Å². The van der Waals surface area contributed by atoms with Crippen molar-refractivity contribution in [3.63, 3.8) is 0 Å². The highest BCUT2D eigenvalue weighted by Crippen LogP contribution is 2.40. The summed E-state index contributed by atoms with van der Waals surface area (Å²) in [7, 11) is 0. The van der Waals surface area contributed by atoms with Crippen LogP contribution in [0.5, 0.6) is 11.5 Å². The number of nitrogens with zero attached hydrogens (tertiary/aromatic N) is 2. The van der Waals surface area contributed by atoms with E-state index in [4.69, 9.17) is 37.7 Å². The van der Waals surface area contributed by atoms with Crippen molar-refractivity contribution in [2.45, 2.75) is 20.8 Å². The van der Waals surface area contributed by atoms with Crippen molar-refractivity contribution in [2.75, 3.05) is 23.4 Å². The summed E-state index contributed by atoms with van der Waals surface area (Å²) in [5, 5.41) is 4.04. The first-order chi connectivity index (χ1) is 21.6. The number of aliphatic imine (C=N–C) groups is 1. The molecule has 1 N–H and O–H groups in total. The molecule has 1 fully saturated rings. The SMILES string of the molecule is CCOc1cc(/C=C2/SC(=Nc3ccc(C)cc3)N(c3ccc(C)cc3)C2=O)cc(I)c1OCC(=O)Nc1ccc(Cl)c(Cl)c1. The molecule has 4 aromatic rings. The van der Waals surface area contributed by atoms with Gasteiger partial charge in [-0.2, -0.15) is 0 Å². The number of aryl methyl sites for hydroxylation is 2. The lowest BCUT2D eigenvalue weighted by Gasteiger charge is -2.16. The quantitative estimate of drug-likeness (QED) is 0.136. The Morgan fingerprint density at radius 2 is 1.64 bits per heavy atom. The second-order valence-electron chi connectivity index (χ2n) is 10.0. The van der Waals surface area contributed by atoms with Gasteiger partial charge in [-0.05, 0) is 121 Å². The molecule has 1 aliphatic heterocycles. The van der Waals surface area contributed by atoms with Crippen molar-refractivity contribution in [1.82, 2.24) is 0 Å². The van der Waals surface area contributed by atoms with E-state index in [1.807, 2.05) is 81.4 Å². The fourth-order valence-electron chi connectivity index (χ4n) is 4.33. The van der Waals surface area contributed by atoms with E-state index in [1.165, 1.54) is 11.8 Å². The van der Waals surface area contributed by atoms with E-state index in [-0.39, 0.29) is 18.4 Å². The second-order valence-corrected chi connectivity index (χ2v) is 13.0. The minimum atomic E-state index is -0.373. The molecule has 1 saturated heterocycles. The molecule has 0 atom stereocenters. The first kappa shape index (κ1) is 32.9. The fourth-order valence-corrected chi connectivity index (χ4v) is 6.41. The van der Waals surface area contributed by atoms with Crippen LogP contribution in [0, 0.1) is 17.4 Å². The number of hydrogen-bond donors (Lipinski definition) is 1. The van der Waals surface area contributed by atoms with Crippen molar-refractivity contribution >= 4 is 97.7 Å². The minimum absolute atomic E-state index is 0.179. The van der Waals surface area contributed by atoms with Crippen molar-refractivity contribution in [3.8, 4) is 11.5 Å². The Bertz CT molecular complexity index is 1810. The molecule has 1 aliphatic rings. The number of ether oxygens (including phenoxy) is 2. The molecule has 2 amide bonds. The molecule has 4 aromatic carbocycles. The molecule has 0 saturated carbocycles. The van der Waals surface area contributed by atoms with Crippen LogP contribution in [0.2, 0.25) is 10.0 Å². The predicted octanol–water partition coefficient (Wildman–Crippen LogP) is 9.44. The maximum atomic E-state index is 13.8. The number of carbonyl (C=O) groups is 2. The van der Waals surface area contributed by atoms with Gasteiger partial charge < -0.3 is 14.8 Å². The molecule has 0 unspecified atom stereocenters. The fraction of sp³-hybridized carbons (Fsp3) is 0.147. The Hall–Kier alpha value is -3.51. The lowest BCUT2D eigenvalue weighted by molar-refractivity contribution is -0.118. The monoisotopic (exact) mass is 771 g/mol.